The molecule has 90 valence electrons. The third kappa shape index (κ3) is 4.52. The average Bonchev–Trinajstić information content (AvgIpc) is 2.27. The molecule has 0 spiro atoms. The molecule has 1 rings (SSSR count). The van der Waals surface area contributed by atoms with Gasteiger partial charge in [0.25, 0.3) is 0 Å². The second-order valence-electron chi connectivity index (χ2n) is 3.65. The Morgan fingerprint density at radius 2 is 2.12 bits per heavy atom. The first-order chi connectivity index (χ1) is 7.67. The van der Waals surface area contributed by atoms with Gasteiger partial charge in [-0.25, -0.2) is 4.39 Å². The maximum absolute atomic E-state index is 13.6. The summed E-state index contributed by atoms with van der Waals surface area (Å²) in [5.74, 6) is -0.133. The van der Waals surface area contributed by atoms with Crippen LogP contribution in [0.25, 0.3) is 0 Å². The summed E-state index contributed by atoms with van der Waals surface area (Å²) in [6.07, 6.45) is 1.09. The summed E-state index contributed by atoms with van der Waals surface area (Å²) >= 11 is 6.67. The first-order valence-corrected chi connectivity index (χ1v) is 7.31. The monoisotopic (exact) mass is 351 g/mol. The van der Waals surface area contributed by atoms with Gasteiger partial charge in [0, 0.05) is 21.9 Å². The Labute approximate surface area is 113 Å². The van der Waals surface area contributed by atoms with Gasteiger partial charge in [0.2, 0.25) is 0 Å². The molecule has 0 amide bonds. The molecular weight excluding hydrogens is 337 g/mol. The summed E-state index contributed by atoms with van der Waals surface area (Å²) in [7, 11) is 0. The SMILES string of the molecule is CCN(CCCBr)Cc1ccc(Br)cc1F. The van der Waals surface area contributed by atoms with Crippen LogP contribution in [0.15, 0.2) is 22.7 Å². The van der Waals surface area contributed by atoms with Crippen LogP contribution >= 0.6 is 31.9 Å². The van der Waals surface area contributed by atoms with Crippen molar-refractivity contribution in [1.29, 1.82) is 0 Å². The minimum atomic E-state index is -0.133. The summed E-state index contributed by atoms with van der Waals surface area (Å²) in [4.78, 5) is 2.24. The highest BCUT2D eigenvalue weighted by molar-refractivity contribution is 9.10. The minimum absolute atomic E-state index is 0.133. The molecule has 0 radical (unpaired) electrons. The predicted octanol–water partition coefficient (Wildman–Crippen LogP) is 4.20. The average molecular weight is 353 g/mol. The molecule has 4 heteroatoms. The fourth-order valence-electron chi connectivity index (χ4n) is 1.52. The van der Waals surface area contributed by atoms with Crippen molar-refractivity contribution in [2.45, 2.75) is 19.9 Å². The fourth-order valence-corrected chi connectivity index (χ4v) is 2.11. The number of rotatable bonds is 6. The zero-order chi connectivity index (χ0) is 12.0. The molecule has 0 heterocycles. The highest BCUT2D eigenvalue weighted by Crippen LogP contribution is 2.16. The van der Waals surface area contributed by atoms with Crippen LogP contribution in [0.5, 0.6) is 0 Å². The summed E-state index contributed by atoms with van der Waals surface area (Å²) in [6, 6.07) is 5.25. The molecule has 1 aromatic carbocycles. The number of halogens is 3. The fraction of sp³-hybridized carbons (Fsp3) is 0.500. The molecule has 0 aliphatic carbocycles. The van der Waals surface area contributed by atoms with Gasteiger partial charge >= 0.3 is 0 Å². The maximum Gasteiger partial charge on any atom is 0.128 e. The standard InChI is InChI=1S/C12H16Br2FN/c1-2-16(7-3-6-13)9-10-4-5-11(14)8-12(10)15/h4-5,8H,2-3,6-7,9H2,1H3. The van der Waals surface area contributed by atoms with Crippen molar-refractivity contribution < 1.29 is 4.39 Å². The van der Waals surface area contributed by atoms with E-state index in [0.717, 1.165) is 34.9 Å². The molecule has 0 fully saturated rings. The van der Waals surface area contributed by atoms with E-state index in [1.165, 1.54) is 6.07 Å². The van der Waals surface area contributed by atoms with E-state index in [1.54, 1.807) is 0 Å². The van der Waals surface area contributed by atoms with E-state index in [-0.39, 0.29) is 5.82 Å². The molecule has 1 aromatic rings. The first-order valence-electron chi connectivity index (χ1n) is 5.39. The molecule has 16 heavy (non-hydrogen) atoms. The van der Waals surface area contributed by atoms with Crippen molar-refractivity contribution in [3.05, 3.63) is 34.1 Å². The Morgan fingerprint density at radius 3 is 2.69 bits per heavy atom. The van der Waals surface area contributed by atoms with E-state index < -0.39 is 0 Å². The lowest BCUT2D eigenvalue weighted by molar-refractivity contribution is 0.277. The number of hydrogen-bond donors (Lipinski definition) is 0. The highest BCUT2D eigenvalue weighted by atomic mass is 79.9. The highest BCUT2D eigenvalue weighted by Gasteiger charge is 2.07. The van der Waals surface area contributed by atoms with Crippen LogP contribution in [-0.2, 0) is 6.54 Å². The van der Waals surface area contributed by atoms with E-state index in [2.05, 4.69) is 43.7 Å². The van der Waals surface area contributed by atoms with Crippen molar-refractivity contribution >= 4 is 31.9 Å². The Morgan fingerprint density at radius 1 is 1.38 bits per heavy atom. The summed E-state index contributed by atoms with van der Waals surface area (Å²) < 4.78 is 14.4. The smallest absolute Gasteiger partial charge is 0.128 e. The molecule has 1 nitrogen and oxygen atoms in total. The van der Waals surface area contributed by atoms with Crippen LogP contribution in [-0.4, -0.2) is 23.3 Å². The molecule has 0 N–H and O–H groups in total. The summed E-state index contributed by atoms with van der Waals surface area (Å²) in [6.45, 7) is 4.73. The van der Waals surface area contributed by atoms with Crippen LogP contribution < -0.4 is 0 Å². The summed E-state index contributed by atoms with van der Waals surface area (Å²) in [5.41, 5.74) is 0.764. The number of nitrogens with zero attached hydrogens (tertiary/aromatic N) is 1. The second kappa shape index (κ2) is 7.41. The van der Waals surface area contributed by atoms with Crippen molar-refractivity contribution in [2.24, 2.45) is 0 Å². The Bertz CT molecular complexity index is 331. The maximum atomic E-state index is 13.6. The van der Waals surface area contributed by atoms with Crippen molar-refractivity contribution in [3.63, 3.8) is 0 Å². The van der Waals surface area contributed by atoms with Gasteiger partial charge in [-0.1, -0.05) is 44.8 Å². The topological polar surface area (TPSA) is 3.24 Å². The molecule has 0 saturated carbocycles. The van der Waals surface area contributed by atoms with Gasteiger partial charge < -0.3 is 0 Å². The second-order valence-corrected chi connectivity index (χ2v) is 5.36. The van der Waals surface area contributed by atoms with E-state index in [4.69, 9.17) is 0 Å². The normalized spacial score (nSPS) is 11.1. The van der Waals surface area contributed by atoms with Crippen LogP contribution in [0.3, 0.4) is 0 Å². The Kier molecular flexibility index (Phi) is 6.54. The van der Waals surface area contributed by atoms with Gasteiger partial charge in [0.05, 0.1) is 0 Å². The zero-order valence-electron chi connectivity index (χ0n) is 9.35. The lowest BCUT2D eigenvalue weighted by Gasteiger charge is -2.20. The third-order valence-electron chi connectivity index (χ3n) is 2.46. The zero-order valence-corrected chi connectivity index (χ0v) is 12.5. The number of benzene rings is 1. The molecular formula is C12H16Br2FN. The lowest BCUT2D eigenvalue weighted by Crippen LogP contribution is -2.24. The Balaban J connectivity index is 2.62. The van der Waals surface area contributed by atoms with Crippen molar-refractivity contribution in [2.75, 3.05) is 18.4 Å². The molecule has 0 bridgehead atoms. The molecule has 0 saturated heterocycles. The van der Waals surface area contributed by atoms with Crippen LogP contribution in [0, 0.1) is 5.82 Å². The number of alkyl halides is 1. The van der Waals surface area contributed by atoms with Crippen LogP contribution in [0.4, 0.5) is 4.39 Å². The van der Waals surface area contributed by atoms with Crippen LogP contribution in [0.1, 0.15) is 18.9 Å². The van der Waals surface area contributed by atoms with Gasteiger partial charge in [-0.3, -0.25) is 4.90 Å². The third-order valence-corrected chi connectivity index (χ3v) is 3.52. The molecule has 0 aliphatic heterocycles. The van der Waals surface area contributed by atoms with Gasteiger partial charge in [-0.15, -0.1) is 0 Å². The van der Waals surface area contributed by atoms with Crippen LogP contribution in [0.2, 0.25) is 0 Å². The number of hydrogen-bond acceptors (Lipinski definition) is 1. The van der Waals surface area contributed by atoms with E-state index >= 15 is 0 Å². The van der Waals surface area contributed by atoms with Gasteiger partial charge in [-0.2, -0.15) is 0 Å². The van der Waals surface area contributed by atoms with E-state index in [1.807, 2.05) is 12.1 Å². The van der Waals surface area contributed by atoms with E-state index in [9.17, 15) is 4.39 Å². The quantitative estimate of drug-likeness (QED) is 0.693. The van der Waals surface area contributed by atoms with Gasteiger partial charge in [0.1, 0.15) is 5.82 Å². The van der Waals surface area contributed by atoms with Crippen molar-refractivity contribution in [1.82, 2.24) is 4.90 Å². The van der Waals surface area contributed by atoms with Crippen molar-refractivity contribution in [3.8, 4) is 0 Å². The minimum Gasteiger partial charge on any atom is -0.299 e. The summed E-state index contributed by atoms with van der Waals surface area (Å²) in [5, 5.41) is 0.992. The largest absolute Gasteiger partial charge is 0.299 e. The lowest BCUT2D eigenvalue weighted by atomic mass is 10.2. The van der Waals surface area contributed by atoms with Gasteiger partial charge in [0.15, 0.2) is 0 Å². The molecule has 0 aliphatic rings. The predicted molar refractivity (Wildman–Crippen MR) is 73.5 cm³/mol. The first kappa shape index (κ1) is 14.1. The van der Waals surface area contributed by atoms with Gasteiger partial charge in [-0.05, 0) is 31.6 Å². The molecule has 0 atom stereocenters. The molecule has 0 unspecified atom stereocenters. The molecule has 0 aromatic heterocycles. The Hall–Kier alpha value is 0.0700. The van der Waals surface area contributed by atoms with E-state index in [0.29, 0.717) is 6.54 Å².